The molecule has 4 atom stereocenters. The second-order valence-corrected chi connectivity index (χ2v) is 6.56. The highest BCUT2D eigenvalue weighted by Gasteiger charge is 2.41. The number of nitrogens with one attached hydrogen (secondary N) is 1. The van der Waals surface area contributed by atoms with Crippen LogP contribution in [0.2, 0.25) is 0 Å². The van der Waals surface area contributed by atoms with Crippen LogP contribution in [-0.2, 0) is 4.79 Å². The van der Waals surface area contributed by atoms with E-state index in [-0.39, 0.29) is 11.9 Å². The van der Waals surface area contributed by atoms with Gasteiger partial charge in [0.05, 0.1) is 12.6 Å². The number of rotatable bonds is 4. The summed E-state index contributed by atoms with van der Waals surface area (Å²) in [6, 6.07) is 10.5. The Bertz CT molecular complexity index is 490. The first kappa shape index (κ1) is 14.5. The predicted octanol–water partition coefficient (Wildman–Crippen LogP) is 1.53. The van der Waals surface area contributed by atoms with Crippen molar-refractivity contribution in [1.29, 1.82) is 0 Å². The van der Waals surface area contributed by atoms with E-state index in [4.69, 9.17) is 5.73 Å². The highest BCUT2D eigenvalue weighted by molar-refractivity contribution is 5.78. The number of likely N-dealkylation sites (tertiary alicyclic amines) is 1. The topological polar surface area (TPSA) is 58.4 Å². The molecule has 1 aliphatic heterocycles. The molecular formula is C17H25N3O. The lowest BCUT2D eigenvalue weighted by Crippen LogP contribution is -2.38. The second kappa shape index (κ2) is 6.16. The molecule has 0 radical (unpaired) electrons. The largest absolute Gasteiger partial charge is 0.348 e. The van der Waals surface area contributed by atoms with E-state index in [9.17, 15) is 4.79 Å². The van der Waals surface area contributed by atoms with E-state index < -0.39 is 0 Å². The lowest BCUT2D eigenvalue weighted by atomic mass is 9.98. The number of amides is 1. The smallest absolute Gasteiger partial charge is 0.234 e. The Morgan fingerprint density at radius 2 is 2.10 bits per heavy atom. The molecule has 3 N–H and O–H groups in total. The molecule has 2 aliphatic rings. The van der Waals surface area contributed by atoms with Gasteiger partial charge in [-0.15, -0.1) is 0 Å². The first-order chi connectivity index (χ1) is 10.1. The van der Waals surface area contributed by atoms with Gasteiger partial charge in [0.2, 0.25) is 5.91 Å². The van der Waals surface area contributed by atoms with Crippen LogP contribution in [0.4, 0.5) is 0 Å². The van der Waals surface area contributed by atoms with Crippen molar-refractivity contribution in [1.82, 2.24) is 10.2 Å². The van der Waals surface area contributed by atoms with Crippen LogP contribution in [0, 0.1) is 11.8 Å². The van der Waals surface area contributed by atoms with Crippen molar-refractivity contribution in [3.05, 3.63) is 35.9 Å². The molecule has 3 rings (SSSR count). The third kappa shape index (κ3) is 3.27. The molecule has 1 aromatic rings. The first-order valence-corrected chi connectivity index (χ1v) is 7.95. The number of carbonyl (C=O) groups excluding carboxylic acids is 1. The molecule has 0 bridgehead atoms. The van der Waals surface area contributed by atoms with Crippen LogP contribution in [-0.4, -0.2) is 36.5 Å². The van der Waals surface area contributed by atoms with Gasteiger partial charge >= 0.3 is 0 Å². The molecule has 1 heterocycles. The molecule has 21 heavy (non-hydrogen) atoms. The first-order valence-electron chi connectivity index (χ1n) is 7.95. The van der Waals surface area contributed by atoms with Gasteiger partial charge in [0, 0.05) is 19.1 Å². The minimum absolute atomic E-state index is 0.0584. The zero-order valence-electron chi connectivity index (χ0n) is 12.7. The SMILES string of the molecule is CC(NC(=O)CN1CC2CCC(N)C2C1)c1ccccc1. The monoisotopic (exact) mass is 287 g/mol. The third-order valence-electron chi connectivity index (χ3n) is 5.03. The Kier molecular flexibility index (Phi) is 4.27. The van der Waals surface area contributed by atoms with Gasteiger partial charge in [0.1, 0.15) is 0 Å². The van der Waals surface area contributed by atoms with E-state index in [0.29, 0.717) is 24.4 Å². The van der Waals surface area contributed by atoms with E-state index in [1.807, 2.05) is 37.3 Å². The summed E-state index contributed by atoms with van der Waals surface area (Å²) in [5, 5.41) is 3.09. The Balaban J connectivity index is 1.49. The lowest BCUT2D eigenvalue weighted by Gasteiger charge is -2.20. The van der Waals surface area contributed by atoms with E-state index in [1.165, 1.54) is 6.42 Å². The van der Waals surface area contributed by atoms with Crippen molar-refractivity contribution in [2.45, 2.75) is 31.8 Å². The van der Waals surface area contributed by atoms with Gasteiger partial charge in [-0.05, 0) is 37.2 Å². The van der Waals surface area contributed by atoms with Gasteiger partial charge in [0.25, 0.3) is 0 Å². The molecule has 0 spiro atoms. The van der Waals surface area contributed by atoms with Crippen LogP contribution in [0.25, 0.3) is 0 Å². The quantitative estimate of drug-likeness (QED) is 0.883. The van der Waals surface area contributed by atoms with Crippen molar-refractivity contribution in [3.63, 3.8) is 0 Å². The van der Waals surface area contributed by atoms with Crippen molar-refractivity contribution < 1.29 is 4.79 Å². The molecule has 4 nitrogen and oxygen atoms in total. The maximum absolute atomic E-state index is 12.2. The summed E-state index contributed by atoms with van der Waals surface area (Å²) >= 11 is 0. The van der Waals surface area contributed by atoms with Crippen molar-refractivity contribution in [2.75, 3.05) is 19.6 Å². The van der Waals surface area contributed by atoms with Gasteiger partial charge in [-0.3, -0.25) is 9.69 Å². The van der Waals surface area contributed by atoms with Crippen LogP contribution < -0.4 is 11.1 Å². The Hall–Kier alpha value is -1.39. The average Bonchev–Trinajstić information content (AvgIpc) is 3.02. The number of benzene rings is 1. The maximum Gasteiger partial charge on any atom is 0.234 e. The summed E-state index contributed by atoms with van der Waals surface area (Å²) in [5.74, 6) is 1.42. The zero-order valence-corrected chi connectivity index (χ0v) is 12.7. The van der Waals surface area contributed by atoms with E-state index in [1.54, 1.807) is 0 Å². The zero-order chi connectivity index (χ0) is 14.8. The predicted molar refractivity (Wildman–Crippen MR) is 83.6 cm³/mol. The summed E-state index contributed by atoms with van der Waals surface area (Å²) < 4.78 is 0. The van der Waals surface area contributed by atoms with Crippen LogP contribution in [0.3, 0.4) is 0 Å². The number of hydrogen-bond acceptors (Lipinski definition) is 3. The molecule has 4 unspecified atom stereocenters. The fourth-order valence-electron chi connectivity index (χ4n) is 3.84. The van der Waals surface area contributed by atoms with Crippen LogP contribution >= 0.6 is 0 Å². The van der Waals surface area contributed by atoms with Gasteiger partial charge in [-0.25, -0.2) is 0 Å². The Morgan fingerprint density at radius 3 is 2.81 bits per heavy atom. The van der Waals surface area contributed by atoms with E-state index >= 15 is 0 Å². The molecule has 1 saturated carbocycles. The molecule has 114 valence electrons. The molecule has 0 aromatic heterocycles. The maximum atomic E-state index is 12.2. The van der Waals surface area contributed by atoms with Crippen LogP contribution in [0.1, 0.15) is 31.4 Å². The van der Waals surface area contributed by atoms with Gasteiger partial charge in [-0.2, -0.15) is 0 Å². The molecular weight excluding hydrogens is 262 g/mol. The van der Waals surface area contributed by atoms with Crippen molar-refractivity contribution in [2.24, 2.45) is 17.6 Å². The Morgan fingerprint density at radius 1 is 1.33 bits per heavy atom. The summed E-state index contributed by atoms with van der Waals surface area (Å²) in [5.41, 5.74) is 7.29. The minimum atomic E-state index is 0.0584. The second-order valence-electron chi connectivity index (χ2n) is 6.56. The summed E-state index contributed by atoms with van der Waals surface area (Å²) in [7, 11) is 0. The molecule has 1 aromatic carbocycles. The number of nitrogens with two attached hydrogens (primary N) is 1. The molecule has 1 amide bonds. The van der Waals surface area contributed by atoms with Gasteiger partial charge in [0.15, 0.2) is 0 Å². The summed E-state index contributed by atoms with van der Waals surface area (Å²) in [6.07, 6.45) is 2.38. The molecule has 1 aliphatic carbocycles. The van der Waals surface area contributed by atoms with E-state index in [0.717, 1.165) is 25.1 Å². The summed E-state index contributed by atoms with van der Waals surface area (Å²) in [6.45, 7) is 4.54. The summed E-state index contributed by atoms with van der Waals surface area (Å²) in [4.78, 5) is 14.5. The van der Waals surface area contributed by atoms with Crippen molar-refractivity contribution >= 4 is 5.91 Å². The van der Waals surface area contributed by atoms with Gasteiger partial charge in [-0.1, -0.05) is 30.3 Å². The van der Waals surface area contributed by atoms with Crippen LogP contribution in [0.5, 0.6) is 0 Å². The fourth-order valence-corrected chi connectivity index (χ4v) is 3.84. The molecule has 4 heteroatoms. The molecule has 2 fully saturated rings. The lowest BCUT2D eigenvalue weighted by molar-refractivity contribution is -0.122. The normalized spacial score (nSPS) is 30.1. The number of hydrogen-bond donors (Lipinski definition) is 2. The standard InChI is InChI=1S/C17H25N3O/c1-12(13-5-3-2-4-6-13)19-17(21)11-20-9-14-7-8-16(18)15(14)10-20/h2-6,12,14-16H,7-11,18H2,1H3,(H,19,21). The third-order valence-corrected chi connectivity index (χ3v) is 5.03. The highest BCUT2D eigenvalue weighted by atomic mass is 16.2. The number of carbonyl (C=O) groups is 1. The Labute approximate surface area is 126 Å². The molecule has 1 saturated heterocycles. The number of nitrogens with zero attached hydrogens (tertiary/aromatic N) is 1. The van der Waals surface area contributed by atoms with Crippen LogP contribution in [0.15, 0.2) is 30.3 Å². The average molecular weight is 287 g/mol. The van der Waals surface area contributed by atoms with Crippen molar-refractivity contribution in [3.8, 4) is 0 Å². The minimum Gasteiger partial charge on any atom is -0.348 e. The fraction of sp³-hybridized carbons (Fsp3) is 0.588. The number of fused-ring (bicyclic) bond motifs is 1. The van der Waals surface area contributed by atoms with E-state index in [2.05, 4.69) is 10.2 Å². The van der Waals surface area contributed by atoms with Gasteiger partial charge < -0.3 is 11.1 Å². The highest BCUT2D eigenvalue weighted by Crippen LogP contribution is 2.36.